The van der Waals surface area contributed by atoms with Crippen molar-refractivity contribution < 1.29 is 5.11 Å². The predicted molar refractivity (Wildman–Crippen MR) is 114 cm³/mol. The first-order valence-corrected chi connectivity index (χ1v) is 10.1. The number of benzene rings is 2. The van der Waals surface area contributed by atoms with E-state index in [0.29, 0.717) is 30.1 Å². The van der Waals surface area contributed by atoms with Crippen LogP contribution in [0.15, 0.2) is 59.1 Å². The van der Waals surface area contributed by atoms with Crippen LogP contribution < -0.4 is 0 Å². The minimum absolute atomic E-state index is 0.0833. The number of nitrogens with zero attached hydrogens (tertiary/aromatic N) is 6. The second-order valence-electron chi connectivity index (χ2n) is 6.72. The molecule has 144 valence electrons. The minimum atomic E-state index is -0.0833. The lowest BCUT2D eigenvalue weighted by Crippen LogP contribution is -2.06. The van der Waals surface area contributed by atoms with Gasteiger partial charge in [-0.1, -0.05) is 49.4 Å². The fourth-order valence-corrected chi connectivity index (χ4v) is 4.07. The summed E-state index contributed by atoms with van der Waals surface area (Å²) in [7, 11) is 0. The molecule has 3 aromatic heterocycles. The maximum absolute atomic E-state index is 11.0. The highest BCUT2D eigenvalue weighted by Crippen LogP contribution is 2.32. The zero-order valence-electron chi connectivity index (χ0n) is 15.6. The number of imidazole rings is 1. The van der Waals surface area contributed by atoms with E-state index in [2.05, 4.69) is 43.4 Å². The van der Waals surface area contributed by atoms with E-state index in [9.17, 15) is 5.11 Å². The van der Waals surface area contributed by atoms with Gasteiger partial charge in [0.2, 0.25) is 5.88 Å². The molecular weight excluding hydrogens is 432 g/mol. The Morgan fingerprint density at radius 3 is 2.55 bits per heavy atom. The molecule has 5 aromatic rings. The van der Waals surface area contributed by atoms with Crippen molar-refractivity contribution in [3.05, 3.63) is 70.3 Å². The van der Waals surface area contributed by atoms with E-state index in [4.69, 9.17) is 4.98 Å². The Bertz CT molecular complexity index is 1340. The van der Waals surface area contributed by atoms with Gasteiger partial charge in [0, 0.05) is 6.54 Å². The van der Waals surface area contributed by atoms with Gasteiger partial charge in [-0.3, -0.25) is 0 Å². The first-order chi connectivity index (χ1) is 14.2. The first-order valence-electron chi connectivity index (χ1n) is 9.29. The van der Waals surface area contributed by atoms with E-state index >= 15 is 0 Å². The van der Waals surface area contributed by atoms with Crippen molar-refractivity contribution in [2.45, 2.75) is 19.9 Å². The zero-order chi connectivity index (χ0) is 20.0. The molecule has 7 nitrogen and oxygen atoms in total. The standard InChI is InChI=1S/C21H17BrN6O/c1-2-14-17(22)19-25-24-18(21(29)28(19)26-14)20-23-15-10-6-7-11-16(15)27(20)12-13-8-4-3-5-9-13/h3-11,29H,2,12H2,1H3. The van der Waals surface area contributed by atoms with Crippen molar-refractivity contribution in [3.8, 4) is 17.4 Å². The van der Waals surface area contributed by atoms with Gasteiger partial charge in [0.05, 0.1) is 21.2 Å². The van der Waals surface area contributed by atoms with Crippen LogP contribution in [0.25, 0.3) is 28.2 Å². The lowest BCUT2D eigenvalue weighted by Gasteiger charge is -2.10. The Hall–Kier alpha value is -3.26. The molecule has 0 fully saturated rings. The molecule has 0 unspecified atom stereocenters. The first kappa shape index (κ1) is 17.8. The predicted octanol–water partition coefficient (Wildman–Crippen LogP) is 4.22. The summed E-state index contributed by atoms with van der Waals surface area (Å²) < 4.78 is 4.20. The van der Waals surface area contributed by atoms with Crippen LogP contribution in [0, 0.1) is 0 Å². The Morgan fingerprint density at radius 1 is 1.00 bits per heavy atom. The highest BCUT2D eigenvalue weighted by molar-refractivity contribution is 9.10. The summed E-state index contributed by atoms with van der Waals surface area (Å²) in [6.07, 6.45) is 0.714. The van der Waals surface area contributed by atoms with Crippen molar-refractivity contribution in [1.82, 2.24) is 29.4 Å². The fraction of sp³-hybridized carbons (Fsp3) is 0.143. The van der Waals surface area contributed by atoms with Crippen LogP contribution in [0.2, 0.25) is 0 Å². The summed E-state index contributed by atoms with van der Waals surface area (Å²) >= 11 is 3.50. The molecule has 0 aliphatic rings. The monoisotopic (exact) mass is 448 g/mol. The van der Waals surface area contributed by atoms with Crippen molar-refractivity contribution in [2.24, 2.45) is 0 Å². The van der Waals surface area contributed by atoms with Crippen molar-refractivity contribution in [1.29, 1.82) is 0 Å². The molecule has 2 aromatic carbocycles. The van der Waals surface area contributed by atoms with Crippen LogP contribution in [-0.4, -0.2) is 34.5 Å². The maximum atomic E-state index is 11.0. The van der Waals surface area contributed by atoms with E-state index in [1.165, 1.54) is 4.52 Å². The van der Waals surface area contributed by atoms with Crippen molar-refractivity contribution >= 4 is 32.6 Å². The quantitative estimate of drug-likeness (QED) is 0.445. The van der Waals surface area contributed by atoms with Gasteiger partial charge in [-0.2, -0.15) is 9.61 Å². The molecule has 0 saturated carbocycles. The summed E-state index contributed by atoms with van der Waals surface area (Å²) in [4.78, 5) is 4.74. The van der Waals surface area contributed by atoms with Gasteiger partial charge < -0.3 is 9.67 Å². The number of aryl methyl sites for hydroxylation is 1. The van der Waals surface area contributed by atoms with Crippen molar-refractivity contribution in [2.75, 3.05) is 0 Å². The second-order valence-corrected chi connectivity index (χ2v) is 7.51. The Labute approximate surface area is 174 Å². The van der Waals surface area contributed by atoms with Crippen LogP contribution >= 0.6 is 15.9 Å². The summed E-state index contributed by atoms with van der Waals surface area (Å²) in [5.41, 5.74) is 4.50. The number of aromatic nitrogens is 6. The molecule has 0 radical (unpaired) electrons. The number of hydrogen-bond acceptors (Lipinski definition) is 5. The largest absolute Gasteiger partial charge is 0.492 e. The van der Waals surface area contributed by atoms with E-state index < -0.39 is 0 Å². The van der Waals surface area contributed by atoms with Gasteiger partial charge in [-0.25, -0.2) is 4.98 Å². The topological polar surface area (TPSA) is 81.1 Å². The van der Waals surface area contributed by atoms with Crippen molar-refractivity contribution in [3.63, 3.8) is 0 Å². The number of rotatable bonds is 4. The van der Waals surface area contributed by atoms with E-state index in [0.717, 1.165) is 26.8 Å². The smallest absolute Gasteiger partial charge is 0.246 e. The van der Waals surface area contributed by atoms with E-state index in [1.807, 2.05) is 54.0 Å². The molecule has 0 amide bonds. The molecular formula is C21H17BrN6O. The fourth-order valence-electron chi connectivity index (χ4n) is 3.46. The van der Waals surface area contributed by atoms with E-state index in [-0.39, 0.29) is 5.88 Å². The molecule has 5 rings (SSSR count). The lowest BCUT2D eigenvalue weighted by molar-refractivity contribution is 0.432. The highest BCUT2D eigenvalue weighted by atomic mass is 79.9. The normalized spacial score (nSPS) is 11.5. The number of para-hydroxylation sites is 2. The van der Waals surface area contributed by atoms with Gasteiger partial charge >= 0.3 is 0 Å². The summed E-state index contributed by atoms with van der Waals surface area (Å²) in [5, 5.41) is 24.0. The molecule has 1 N–H and O–H groups in total. The Morgan fingerprint density at radius 2 is 1.76 bits per heavy atom. The number of hydrogen-bond donors (Lipinski definition) is 1. The van der Waals surface area contributed by atoms with Crippen LogP contribution in [0.5, 0.6) is 5.88 Å². The van der Waals surface area contributed by atoms with Gasteiger partial charge in [-0.05, 0) is 40.0 Å². The van der Waals surface area contributed by atoms with Gasteiger partial charge in [0.25, 0.3) is 0 Å². The molecule has 0 spiro atoms. The van der Waals surface area contributed by atoms with Crippen LogP contribution in [-0.2, 0) is 13.0 Å². The summed E-state index contributed by atoms with van der Waals surface area (Å²) in [5.74, 6) is 0.464. The molecule has 0 atom stereocenters. The minimum Gasteiger partial charge on any atom is -0.492 e. The Kier molecular flexibility index (Phi) is 4.28. The molecule has 0 aliphatic carbocycles. The molecule has 0 aliphatic heterocycles. The molecule has 0 saturated heterocycles. The third-order valence-electron chi connectivity index (χ3n) is 4.91. The molecule has 8 heteroatoms. The average molecular weight is 449 g/mol. The SMILES string of the molecule is CCc1nn2c(O)c(-c3nc4ccccc4n3Cc3ccccc3)nnc2c1Br. The number of fused-ring (bicyclic) bond motifs is 2. The van der Waals surface area contributed by atoms with Crippen LogP contribution in [0.1, 0.15) is 18.2 Å². The summed E-state index contributed by atoms with van der Waals surface area (Å²) in [6, 6.07) is 18.0. The third kappa shape index (κ3) is 2.87. The molecule has 3 heterocycles. The van der Waals surface area contributed by atoms with E-state index in [1.54, 1.807) is 0 Å². The highest BCUT2D eigenvalue weighted by Gasteiger charge is 2.22. The van der Waals surface area contributed by atoms with Gasteiger partial charge in [0.15, 0.2) is 17.2 Å². The van der Waals surface area contributed by atoms with Crippen LogP contribution in [0.3, 0.4) is 0 Å². The number of halogens is 1. The molecule has 0 bridgehead atoms. The lowest BCUT2D eigenvalue weighted by atomic mass is 10.2. The number of aromatic hydroxyl groups is 1. The van der Waals surface area contributed by atoms with Gasteiger partial charge in [-0.15, -0.1) is 10.2 Å². The molecule has 29 heavy (non-hydrogen) atoms. The van der Waals surface area contributed by atoms with Crippen LogP contribution in [0.4, 0.5) is 0 Å². The van der Waals surface area contributed by atoms with Gasteiger partial charge in [0.1, 0.15) is 0 Å². The third-order valence-corrected chi connectivity index (χ3v) is 5.73. The maximum Gasteiger partial charge on any atom is 0.246 e. The summed E-state index contributed by atoms with van der Waals surface area (Å²) in [6.45, 7) is 2.59. The zero-order valence-corrected chi connectivity index (χ0v) is 17.2. The second kappa shape index (κ2) is 6.97. The Balaban J connectivity index is 1.75. The average Bonchev–Trinajstić information content (AvgIpc) is 3.28.